The van der Waals surface area contributed by atoms with Gasteiger partial charge in [0.25, 0.3) is 0 Å². The van der Waals surface area contributed by atoms with Crippen LogP contribution in [0.5, 0.6) is 0 Å². The molecule has 0 N–H and O–H groups in total. The highest BCUT2D eigenvalue weighted by Gasteiger charge is 2.14. The number of nitrogens with zero attached hydrogens (tertiary/aromatic N) is 1. The Morgan fingerprint density at radius 3 is 1.69 bits per heavy atom. The van der Waals surface area contributed by atoms with E-state index < -0.39 is 10.4 Å². The summed E-state index contributed by atoms with van der Waals surface area (Å²) < 4.78 is 7.09. The van der Waals surface area contributed by atoms with Crippen LogP contribution in [0.15, 0.2) is 107 Å². The molecule has 0 aliphatic rings. The molecule has 3 aromatic rings. The second-order valence-corrected chi connectivity index (χ2v) is 7.15. The van der Waals surface area contributed by atoms with E-state index in [2.05, 4.69) is 0 Å². The van der Waals surface area contributed by atoms with Crippen molar-refractivity contribution < 1.29 is 9.84 Å². The average molecular weight is 424 g/mol. The zero-order valence-corrected chi connectivity index (χ0v) is 17.3. The molecular weight excluding hydrogens is 405 g/mol. The number of hydrogen-bond donors (Lipinski definition) is 0. The third-order valence-corrected chi connectivity index (χ3v) is 4.44. The van der Waals surface area contributed by atoms with E-state index in [0.29, 0.717) is 5.76 Å². The minimum atomic E-state index is -0.800. The summed E-state index contributed by atoms with van der Waals surface area (Å²) in [6.45, 7) is 1.87. The summed E-state index contributed by atoms with van der Waals surface area (Å²) in [4.78, 5) is 0. The molecule has 0 saturated carbocycles. The highest BCUT2D eigenvalue weighted by molar-refractivity contribution is 6.56. The zero-order valence-electron chi connectivity index (χ0n) is 15.8. The Bertz CT molecular complexity index is 999. The van der Waals surface area contributed by atoms with Crippen molar-refractivity contribution in [2.24, 2.45) is 0 Å². The lowest BCUT2D eigenvalue weighted by Crippen LogP contribution is -2.12. The van der Waals surface area contributed by atoms with Crippen LogP contribution in [0.2, 0.25) is 0 Å². The maximum absolute atomic E-state index is 12.1. The molecule has 0 atom stereocenters. The molecule has 146 valence electrons. The summed E-state index contributed by atoms with van der Waals surface area (Å²) >= 11 is 11.3. The first kappa shape index (κ1) is 20.7. The first-order valence-electron chi connectivity index (χ1n) is 8.97. The normalized spacial score (nSPS) is 11.3. The number of ether oxygens (including phenoxy) is 1. The van der Waals surface area contributed by atoms with Gasteiger partial charge in [0.15, 0.2) is 6.21 Å². The Kier molecular flexibility index (Phi) is 7.12. The summed E-state index contributed by atoms with van der Waals surface area (Å²) in [5, 5.41) is 12.1. The zero-order chi connectivity index (χ0) is 20.6. The largest absolute Gasteiger partial charge is 0.577 e. The van der Waals surface area contributed by atoms with Gasteiger partial charge in [0.05, 0.1) is 5.95 Å². The summed E-state index contributed by atoms with van der Waals surface area (Å²) in [5.74, 6) is -0.419. The molecule has 0 spiro atoms. The predicted octanol–water partition coefficient (Wildman–Crippen LogP) is 6.00. The van der Waals surface area contributed by atoms with E-state index in [0.717, 1.165) is 22.5 Å². The van der Waals surface area contributed by atoms with Crippen LogP contribution in [0.25, 0.3) is 5.76 Å². The van der Waals surface area contributed by atoms with Gasteiger partial charge in [-0.25, -0.2) is 0 Å². The van der Waals surface area contributed by atoms with E-state index in [1.165, 1.54) is 0 Å². The van der Waals surface area contributed by atoms with E-state index in [4.69, 9.17) is 27.9 Å². The summed E-state index contributed by atoms with van der Waals surface area (Å²) in [6, 6.07) is 29.2. The Morgan fingerprint density at radius 1 is 0.793 bits per heavy atom. The van der Waals surface area contributed by atoms with Crippen molar-refractivity contribution in [3.05, 3.63) is 113 Å². The van der Waals surface area contributed by atoms with Crippen molar-refractivity contribution in [1.82, 2.24) is 4.58 Å². The van der Waals surface area contributed by atoms with E-state index in [1.807, 2.05) is 109 Å². The van der Waals surface area contributed by atoms with Gasteiger partial charge >= 0.3 is 0 Å². The van der Waals surface area contributed by atoms with Gasteiger partial charge in [-0.2, -0.15) is 4.58 Å². The minimum Gasteiger partial charge on any atom is -0.577 e. The highest BCUT2D eigenvalue weighted by atomic mass is 35.5. The average Bonchev–Trinajstić information content (AvgIpc) is 2.77. The van der Waals surface area contributed by atoms with Crippen molar-refractivity contribution in [2.45, 2.75) is 6.92 Å². The van der Waals surface area contributed by atoms with Gasteiger partial charge in [0.2, 0.25) is 11.4 Å². The van der Waals surface area contributed by atoms with E-state index in [9.17, 15) is 5.11 Å². The summed E-state index contributed by atoms with van der Waals surface area (Å²) in [7, 11) is 0. The number of benzene rings is 3. The van der Waals surface area contributed by atoms with Crippen LogP contribution in [0.3, 0.4) is 0 Å². The maximum Gasteiger partial charge on any atom is 0.211 e. The van der Waals surface area contributed by atoms with Crippen LogP contribution < -0.4 is 9.68 Å². The molecule has 5 heteroatoms. The predicted molar refractivity (Wildman–Crippen MR) is 119 cm³/mol. The standard InChI is InChI=1S/C24H19Cl2NO2/c1-18(22(29-24(28)23(25)26)19-11-5-2-6-12-19)17-27(20-13-7-3-8-14-20)21-15-9-4-10-16-21/h2-17H,1H3/b22-18-. The van der Waals surface area contributed by atoms with Crippen LogP contribution in [0, 0.1) is 0 Å². The fourth-order valence-electron chi connectivity index (χ4n) is 2.82. The van der Waals surface area contributed by atoms with E-state index >= 15 is 0 Å². The van der Waals surface area contributed by atoms with Gasteiger partial charge in [0.1, 0.15) is 4.49 Å². The summed E-state index contributed by atoms with van der Waals surface area (Å²) in [6.07, 6.45) is 1.92. The Labute approximate surface area is 180 Å². The molecule has 3 aromatic carbocycles. The van der Waals surface area contributed by atoms with Crippen LogP contribution in [0.4, 0.5) is 11.4 Å². The summed E-state index contributed by atoms with van der Waals surface area (Å²) in [5.41, 5.74) is 3.41. The molecular formula is C24H19Cl2NO2. The fourth-order valence-corrected chi connectivity index (χ4v) is 2.89. The lowest BCUT2D eigenvalue weighted by atomic mass is 10.1. The van der Waals surface area contributed by atoms with Crippen molar-refractivity contribution in [2.75, 3.05) is 0 Å². The Hall–Kier alpha value is -3.01. The number of para-hydroxylation sites is 2. The minimum absolute atomic E-state index is 0.381. The molecule has 0 heterocycles. The quantitative estimate of drug-likeness (QED) is 0.276. The van der Waals surface area contributed by atoms with Crippen molar-refractivity contribution in [3.8, 4) is 0 Å². The SMILES string of the molecule is C/C(C=[N+](c1ccccc1)c1ccccc1)=C(/OC([O-])=C(Cl)Cl)c1ccccc1. The molecule has 3 rings (SSSR count). The Balaban J connectivity index is 2.19. The number of allylic oxidation sites excluding steroid dienone is 1. The molecule has 29 heavy (non-hydrogen) atoms. The van der Waals surface area contributed by atoms with E-state index in [-0.39, 0.29) is 0 Å². The first-order chi connectivity index (χ1) is 14.1. The van der Waals surface area contributed by atoms with Gasteiger partial charge < -0.3 is 9.84 Å². The number of hydrogen-bond acceptors (Lipinski definition) is 2. The van der Waals surface area contributed by atoms with Crippen LogP contribution in [0.1, 0.15) is 12.5 Å². The van der Waals surface area contributed by atoms with Gasteiger partial charge in [0, 0.05) is 35.6 Å². The molecule has 3 nitrogen and oxygen atoms in total. The van der Waals surface area contributed by atoms with Crippen molar-refractivity contribution in [1.29, 1.82) is 0 Å². The van der Waals surface area contributed by atoms with E-state index in [1.54, 1.807) is 0 Å². The topological polar surface area (TPSA) is 35.3 Å². The van der Waals surface area contributed by atoms with Crippen LogP contribution >= 0.6 is 23.2 Å². The van der Waals surface area contributed by atoms with Gasteiger partial charge in [-0.15, -0.1) is 0 Å². The lowest BCUT2D eigenvalue weighted by Gasteiger charge is -2.21. The highest BCUT2D eigenvalue weighted by Crippen LogP contribution is 2.26. The molecule has 0 unspecified atom stereocenters. The maximum atomic E-state index is 12.1. The van der Waals surface area contributed by atoms with Gasteiger partial charge in [-0.1, -0.05) is 89.9 Å². The lowest BCUT2D eigenvalue weighted by molar-refractivity contribution is -0.346. The van der Waals surface area contributed by atoms with Crippen molar-refractivity contribution >= 4 is 46.6 Å². The molecule has 0 amide bonds. The molecule has 0 radical (unpaired) electrons. The third kappa shape index (κ3) is 5.50. The molecule has 0 aromatic heterocycles. The molecule has 0 bridgehead atoms. The second-order valence-electron chi connectivity index (χ2n) is 6.20. The molecule has 0 saturated heterocycles. The third-order valence-electron chi connectivity index (χ3n) is 4.13. The Morgan fingerprint density at radius 2 is 1.24 bits per heavy atom. The number of rotatable bonds is 6. The smallest absolute Gasteiger partial charge is 0.211 e. The van der Waals surface area contributed by atoms with Crippen LogP contribution in [-0.2, 0) is 4.74 Å². The van der Waals surface area contributed by atoms with Gasteiger partial charge in [-0.05, 0) is 12.5 Å². The molecule has 0 aliphatic heterocycles. The number of halogens is 2. The van der Waals surface area contributed by atoms with Gasteiger partial charge in [-0.3, -0.25) is 0 Å². The van der Waals surface area contributed by atoms with Crippen molar-refractivity contribution in [3.63, 3.8) is 0 Å². The monoisotopic (exact) mass is 423 g/mol. The second kappa shape index (κ2) is 9.97. The van der Waals surface area contributed by atoms with Crippen LogP contribution in [-0.4, -0.2) is 6.21 Å². The first-order valence-corrected chi connectivity index (χ1v) is 9.72. The molecule has 0 aliphatic carbocycles. The fraction of sp³-hybridized carbons (Fsp3) is 0.0417. The molecule has 0 fully saturated rings.